The van der Waals surface area contributed by atoms with Crippen LogP contribution in [0.4, 0.5) is 0 Å². The van der Waals surface area contributed by atoms with E-state index in [1.165, 1.54) is 32.4 Å². The van der Waals surface area contributed by atoms with Gasteiger partial charge in [-0.25, -0.2) is 4.79 Å². The molecule has 3 atom stereocenters. The number of hydrogen-bond acceptors (Lipinski definition) is 8. The third-order valence-corrected chi connectivity index (χ3v) is 4.59. The third-order valence-electron chi connectivity index (χ3n) is 4.59. The number of ketones is 1. The molecule has 0 aliphatic carbocycles. The summed E-state index contributed by atoms with van der Waals surface area (Å²) in [5.74, 6) is -1.13. The zero-order chi connectivity index (χ0) is 20.8. The molecule has 2 rings (SSSR count). The minimum absolute atomic E-state index is 0.0427. The summed E-state index contributed by atoms with van der Waals surface area (Å²) >= 11 is 0. The number of hydrogen-bond donors (Lipinski definition) is 3. The summed E-state index contributed by atoms with van der Waals surface area (Å²) in [4.78, 5) is 24.7. The Labute approximate surface area is 163 Å². The van der Waals surface area contributed by atoms with Crippen molar-refractivity contribution in [3.63, 3.8) is 0 Å². The van der Waals surface area contributed by atoms with Crippen molar-refractivity contribution in [1.82, 2.24) is 0 Å². The van der Waals surface area contributed by atoms with Gasteiger partial charge in [0.15, 0.2) is 17.3 Å². The highest BCUT2D eigenvalue weighted by Gasteiger charge is 2.27. The van der Waals surface area contributed by atoms with Gasteiger partial charge in [0.25, 0.3) is 0 Å². The minimum atomic E-state index is -1.49. The molecule has 0 fully saturated rings. The van der Waals surface area contributed by atoms with Gasteiger partial charge >= 0.3 is 5.97 Å². The predicted octanol–water partition coefficient (Wildman–Crippen LogP) is 1.83. The van der Waals surface area contributed by atoms with E-state index in [1.54, 1.807) is 6.92 Å². The van der Waals surface area contributed by atoms with Crippen molar-refractivity contribution in [1.29, 1.82) is 0 Å². The van der Waals surface area contributed by atoms with Crippen molar-refractivity contribution in [2.45, 2.75) is 50.9 Å². The topological polar surface area (TPSA) is 123 Å². The number of ether oxygens (including phenoxy) is 3. The lowest BCUT2D eigenvalue weighted by Gasteiger charge is -2.20. The van der Waals surface area contributed by atoms with Gasteiger partial charge in [0.2, 0.25) is 0 Å². The number of fused-ring (bicyclic) bond motifs is 1. The summed E-state index contributed by atoms with van der Waals surface area (Å²) in [7, 11) is 2.78. The Bertz CT molecular complexity index is 755. The number of phenolic OH excluding ortho intramolecular Hbond substituents is 1. The van der Waals surface area contributed by atoms with Gasteiger partial charge in [-0.15, -0.1) is 0 Å². The van der Waals surface area contributed by atoms with E-state index in [-0.39, 0.29) is 41.2 Å². The van der Waals surface area contributed by atoms with Crippen LogP contribution >= 0.6 is 0 Å². The van der Waals surface area contributed by atoms with E-state index in [0.29, 0.717) is 12.8 Å². The van der Waals surface area contributed by atoms with Crippen LogP contribution in [-0.4, -0.2) is 59.6 Å². The molecule has 1 aliphatic heterocycles. The molecule has 3 N–H and O–H groups in total. The van der Waals surface area contributed by atoms with E-state index in [2.05, 4.69) is 0 Å². The molecule has 1 aromatic rings. The van der Waals surface area contributed by atoms with Crippen molar-refractivity contribution < 1.29 is 39.1 Å². The average Bonchev–Trinajstić information content (AvgIpc) is 2.65. The number of Topliss-reactive ketones (excluding diaryl/α,β-unsaturated/α-hetero) is 1. The molecule has 0 saturated heterocycles. The second-order valence-electron chi connectivity index (χ2n) is 6.64. The van der Waals surface area contributed by atoms with Crippen molar-refractivity contribution in [3.8, 4) is 17.2 Å². The van der Waals surface area contributed by atoms with E-state index in [9.17, 15) is 24.9 Å². The van der Waals surface area contributed by atoms with E-state index in [0.717, 1.165) is 0 Å². The first-order valence-corrected chi connectivity index (χ1v) is 9.04. The lowest BCUT2D eigenvalue weighted by molar-refractivity contribution is -0.132. The largest absolute Gasteiger partial charge is 0.507 e. The number of carbonyl (C=O) groups excluding carboxylic acids is 2. The molecule has 0 aromatic heterocycles. The number of aliphatic hydroxyl groups is 2. The molecule has 0 bridgehead atoms. The SMILES string of the molecule is COc1cc(O)c2c(c1OC)/C=C\C[C@@H](O)[C@H](O)C(=O)CCC[C@H](C)OC2=O. The summed E-state index contributed by atoms with van der Waals surface area (Å²) < 4.78 is 15.9. The first kappa shape index (κ1) is 21.7. The molecule has 0 unspecified atom stereocenters. The first-order chi connectivity index (χ1) is 13.3. The summed E-state index contributed by atoms with van der Waals surface area (Å²) in [5, 5.41) is 30.4. The number of cyclic esters (lactones) is 1. The van der Waals surface area contributed by atoms with Crippen LogP contribution in [-0.2, 0) is 9.53 Å². The molecule has 0 amide bonds. The Kier molecular flexibility index (Phi) is 7.42. The summed E-state index contributed by atoms with van der Waals surface area (Å²) in [6, 6.07) is 1.26. The maximum atomic E-state index is 12.7. The van der Waals surface area contributed by atoms with Crippen LogP contribution in [0.15, 0.2) is 12.1 Å². The number of rotatable bonds is 2. The predicted molar refractivity (Wildman–Crippen MR) is 101 cm³/mol. The molecule has 154 valence electrons. The average molecular weight is 394 g/mol. The van der Waals surface area contributed by atoms with Crippen LogP contribution in [0, 0.1) is 0 Å². The molecule has 28 heavy (non-hydrogen) atoms. The lowest BCUT2D eigenvalue weighted by Crippen LogP contribution is -2.33. The van der Waals surface area contributed by atoms with Crippen molar-refractivity contribution in [2.75, 3.05) is 14.2 Å². The number of aromatic hydroxyl groups is 1. The monoisotopic (exact) mass is 394 g/mol. The number of aliphatic hydroxyl groups excluding tert-OH is 2. The summed E-state index contributed by atoms with van der Waals surface area (Å²) in [6.07, 6.45) is 0.426. The van der Waals surface area contributed by atoms with Crippen LogP contribution in [0.1, 0.15) is 48.5 Å². The lowest BCUT2D eigenvalue weighted by atomic mass is 9.99. The maximum Gasteiger partial charge on any atom is 0.342 e. The van der Waals surface area contributed by atoms with Crippen LogP contribution < -0.4 is 9.47 Å². The number of phenols is 1. The fourth-order valence-electron chi connectivity index (χ4n) is 3.06. The molecule has 0 saturated carbocycles. The van der Waals surface area contributed by atoms with Gasteiger partial charge in [0.05, 0.1) is 26.4 Å². The Hall–Kier alpha value is -2.58. The molecular weight excluding hydrogens is 368 g/mol. The van der Waals surface area contributed by atoms with Crippen LogP contribution in [0.2, 0.25) is 0 Å². The normalized spacial score (nSPS) is 25.2. The third kappa shape index (κ3) is 4.82. The Morgan fingerprint density at radius 3 is 2.54 bits per heavy atom. The number of carbonyl (C=O) groups is 2. The Balaban J connectivity index is 2.55. The molecule has 8 heteroatoms. The van der Waals surface area contributed by atoms with Gasteiger partial charge in [-0.3, -0.25) is 4.79 Å². The molecule has 8 nitrogen and oxygen atoms in total. The smallest absolute Gasteiger partial charge is 0.342 e. The first-order valence-electron chi connectivity index (χ1n) is 9.04. The standard InChI is InChI=1S/C20H26O8/c1-11-6-4-8-13(21)18(24)14(22)9-5-7-12-17(20(25)28-11)15(23)10-16(26-2)19(12)27-3/h5,7,10-11,14,18,22-24H,4,6,8-9H2,1-3H3/b7-5-/t11-,14+,18+/m0/s1. The Morgan fingerprint density at radius 2 is 1.89 bits per heavy atom. The van der Waals surface area contributed by atoms with Gasteiger partial charge in [-0.05, 0) is 26.2 Å². The van der Waals surface area contributed by atoms with Crippen LogP contribution in [0.3, 0.4) is 0 Å². The quantitative estimate of drug-likeness (QED) is 0.650. The zero-order valence-electron chi connectivity index (χ0n) is 16.2. The van der Waals surface area contributed by atoms with Crippen molar-refractivity contribution in [3.05, 3.63) is 23.3 Å². The molecule has 0 spiro atoms. The van der Waals surface area contributed by atoms with Gasteiger partial charge in [-0.1, -0.05) is 12.2 Å². The van der Waals surface area contributed by atoms with Crippen molar-refractivity contribution >= 4 is 17.8 Å². The van der Waals surface area contributed by atoms with Gasteiger partial charge < -0.3 is 29.5 Å². The number of methoxy groups -OCH3 is 2. The van der Waals surface area contributed by atoms with Gasteiger partial charge in [0, 0.05) is 18.1 Å². The van der Waals surface area contributed by atoms with Gasteiger partial charge in [0.1, 0.15) is 17.4 Å². The fraction of sp³-hybridized carbons (Fsp3) is 0.500. The second kappa shape index (κ2) is 9.57. The van der Waals surface area contributed by atoms with Gasteiger partial charge in [-0.2, -0.15) is 0 Å². The highest BCUT2D eigenvalue weighted by atomic mass is 16.5. The summed E-state index contributed by atoms with van der Waals surface area (Å²) in [5.41, 5.74) is 0.116. The molecule has 1 heterocycles. The highest BCUT2D eigenvalue weighted by molar-refractivity contribution is 5.98. The molecule has 0 radical (unpaired) electrons. The molecular formula is C20H26O8. The van der Waals surface area contributed by atoms with Crippen LogP contribution in [0.25, 0.3) is 6.08 Å². The Morgan fingerprint density at radius 1 is 1.18 bits per heavy atom. The maximum absolute atomic E-state index is 12.7. The summed E-state index contributed by atoms with van der Waals surface area (Å²) in [6.45, 7) is 1.67. The molecule has 1 aromatic carbocycles. The van der Waals surface area contributed by atoms with E-state index in [1.807, 2.05) is 0 Å². The minimum Gasteiger partial charge on any atom is -0.507 e. The number of benzene rings is 1. The fourth-order valence-corrected chi connectivity index (χ4v) is 3.06. The van der Waals surface area contributed by atoms with E-state index >= 15 is 0 Å². The van der Waals surface area contributed by atoms with Crippen molar-refractivity contribution in [2.24, 2.45) is 0 Å². The highest BCUT2D eigenvalue weighted by Crippen LogP contribution is 2.40. The van der Waals surface area contributed by atoms with E-state index in [4.69, 9.17) is 14.2 Å². The molecule has 1 aliphatic rings. The zero-order valence-corrected chi connectivity index (χ0v) is 16.2. The number of esters is 1. The van der Waals surface area contributed by atoms with Crippen LogP contribution in [0.5, 0.6) is 17.2 Å². The second-order valence-corrected chi connectivity index (χ2v) is 6.64. The van der Waals surface area contributed by atoms with E-state index < -0.39 is 30.1 Å².